The molecule has 3 rings (SSSR count). The number of carbonyl (C=O) groups excluding carboxylic acids is 1. The number of likely N-dealkylation sites (tertiary alicyclic amines) is 1. The Morgan fingerprint density at radius 2 is 2.20 bits per heavy atom. The number of carbonyl (C=O) groups is 1. The van der Waals surface area contributed by atoms with Crippen LogP contribution in [0.3, 0.4) is 0 Å². The number of benzene rings is 1. The van der Waals surface area contributed by atoms with Crippen molar-refractivity contribution in [1.29, 1.82) is 0 Å². The third-order valence-electron chi connectivity index (χ3n) is 3.50. The minimum atomic E-state index is -3.65. The molecule has 20 heavy (non-hydrogen) atoms. The van der Waals surface area contributed by atoms with E-state index >= 15 is 0 Å². The van der Waals surface area contributed by atoms with Gasteiger partial charge in [0, 0.05) is 25.1 Å². The molecule has 1 unspecified atom stereocenters. The van der Waals surface area contributed by atoms with Gasteiger partial charge in [0.2, 0.25) is 5.91 Å². The molecule has 1 amide bonds. The van der Waals surface area contributed by atoms with Crippen LogP contribution in [0.25, 0.3) is 0 Å². The topological polar surface area (TPSA) is 64.8 Å². The van der Waals surface area contributed by atoms with Crippen molar-refractivity contribution in [1.82, 2.24) is 4.90 Å². The second kappa shape index (κ2) is 4.59. The quantitative estimate of drug-likeness (QED) is 0.909. The van der Waals surface area contributed by atoms with E-state index in [4.69, 9.17) is 5.73 Å². The molecule has 0 aromatic heterocycles. The molecule has 0 saturated carbocycles. The highest BCUT2D eigenvalue weighted by Gasteiger charge is 2.44. The van der Waals surface area contributed by atoms with Gasteiger partial charge < -0.3 is 20.1 Å². The van der Waals surface area contributed by atoms with E-state index in [-0.39, 0.29) is 29.9 Å². The zero-order valence-electron chi connectivity index (χ0n) is 10.6. The molecule has 2 aliphatic rings. The van der Waals surface area contributed by atoms with E-state index in [9.17, 15) is 13.6 Å². The molecule has 1 saturated heterocycles. The zero-order valence-corrected chi connectivity index (χ0v) is 10.6. The fraction of sp³-hybridized carbons (Fsp3) is 0.462. The largest absolute Gasteiger partial charge is 0.586 e. The van der Waals surface area contributed by atoms with Crippen LogP contribution >= 0.6 is 0 Å². The van der Waals surface area contributed by atoms with Crippen LogP contribution in [0.4, 0.5) is 8.78 Å². The summed E-state index contributed by atoms with van der Waals surface area (Å²) >= 11 is 0. The van der Waals surface area contributed by atoms with Gasteiger partial charge in [-0.3, -0.25) is 4.79 Å². The van der Waals surface area contributed by atoms with E-state index < -0.39 is 6.29 Å². The smallest absolute Gasteiger partial charge is 0.395 e. The summed E-state index contributed by atoms with van der Waals surface area (Å²) < 4.78 is 35.1. The molecule has 1 aromatic rings. The monoisotopic (exact) mass is 284 g/mol. The van der Waals surface area contributed by atoms with Gasteiger partial charge in [0.05, 0.1) is 0 Å². The molecule has 0 bridgehead atoms. The Morgan fingerprint density at radius 1 is 1.40 bits per heavy atom. The van der Waals surface area contributed by atoms with Crippen molar-refractivity contribution in [3.63, 3.8) is 0 Å². The van der Waals surface area contributed by atoms with Gasteiger partial charge in [0.1, 0.15) is 0 Å². The predicted molar refractivity (Wildman–Crippen MR) is 65.2 cm³/mol. The minimum absolute atomic E-state index is 0.00139. The number of alkyl halides is 2. The summed E-state index contributed by atoms with van der Waals surface area (Å²) in [7, 11) is 0. The number of hydrogen-bond donors (Lipinski definition) is 1. The lowest BCUT2D eigenvalue weighted by Gasteiger charge is -2.17. The maximum atomic E-state index is 13.1. The van der Waals surface area contributed by atoms with Gasteiger partial charge in [-0.25, -0.2) is 0 Å². The molecule has 0 radical (unpaired) electrons. The molecule has 0 aliphatic carbocycles. The number of fused-ring (bicyclic) bond motifs is 1. The molecule has 5 nitrogen and oxygen atoms in total. The number of nitrogens with two attached hydrogens (primary N) is 1. The van der Waals surface area contributed by atoms with Crippen LogP contribution in [0.15, 0.2) is 18.2 Å². The molecule has 1 aromatic carbocycles. The van der Waals surface area contributed by atoms with E-state index in [2.05, 4.69) is 9.47 Å². The van der Waals surface area contributed by atoms with E-state index in [1.165, 1.54) is 6.07 Å². The summed E-state index contributed by atoms with van der Waals surface area (Å²) in [5.74, 6) is 0.0950. The molecular formula is C13H14F2N2O3. The number of nitrogens with zero attached hydrogens (tertiary/aromatic N) is 1. The Bertz CT molecular complexity index is 550. The first-order chi connectivity index (χ1) is 9.48. The maximum absolute atomic E-state index is 13.1. The lowest BCUT2D eigenvalue weighted by molar-refractivity contribution is -0.287. The average molecular weight is 284 g/mol. The zero-order chi connectivity index (χ0) is 14.3. The Hall–Kier alpha value is -1.89. The maximum Gasteiger partial charge on any atom is 0.586 e. The first-order valence-corrected chi connectivity index (χ1v) is 6.34. The van der Waals surface area contributed by atoms with Crippen molar-refractivity contribution in [2.75, 3.05) is 13.1 Å². The molecule has 2 aliphatic heterocycles. The molecule has 108 valence electrons. The van der Waals surface area contributed by atoms with Crippen molar-refractivity contribution in [2.24, 2.45) is 11.7 Å². The normalized spacial score (nSPS) is 23.4. The highest BCUT2D eigenvalue weighted by Crippen LogP contribution is 2.43. The lowest BCUT2D eigenvalue weighted by Crippen LogP contribution is -2.27. The summed E-state index contributed by atoms with van der Waals surface area (Å²) in [6.07, 6.45) is -3.24. The molecule has 1 fully saturated rings. The summed E-state index contributed by atoms with van der Waals surface area (Å²) in [5, 5.41) is 0. The molecular weight excluding hydrogens is 270 g/mol. The van der Waals surface area contributed by atoms with Crippen molar-refractivity contribution in [3.8, 4) is 11.5 Å². The lowest BCUT2D eigenvalue weighted by atomic mass is 10.1. The van der Waals surface area contributed by atoms with E-state index in [1.54, 1.807) is 17.0 Å². The fourth-order valence-electron chi connectivity index (χ4n) is 2.52. The van der Waals surface area contributed by atoms with Gasteiger partial charge in [0.25, 0.3) is 0 Å². The van der Waals surface area contributed by atoms with Crippen LogP contribution in [0.5, 0.6) is 11.5 Å². The van der Waals surface area contributed by atoms with E-state index in [0.29, 0.717) is 25.1 Å². The Labute approximate surface area is 114 Å². The van der Waals surface area contributed by atoms with Crippen molar-refractivity contribution < 1.29 is 23.0 Å². The molecule has 2 N–H and O–H groups in total. The van der Waals surface area contributed by atoms with Gasteiger partial charge in [-0.2, -0.15) is 0 Å². The minimum Gasteiger partial charge on any atom is -0.395 e. The molecule has 2 heterocycles. The number of ether oxygens (including phenoxy) is 2. The van der Waals surface area contributed by atoms with Crippen LogP contribution in [-0.2, 0) is 11.3 Å². The van der Waals surface area contributed by atoms with Crippen LogP contribution in [-0.4, -0.2) is 30.2 Å². The van der Waals surface area contributed by atoms with Crippen LogP contribution < -0.4 is 15.2 Å². The summed E-state index contributed by atoms with van der Waals surface area (Å²) in [5.41, 5.74) is 6.06. The van der Waals surface area contributed by atoms with Crippen LogP contribution in [0.1, 0.15) is 12.0 Å². The highest BCUT2D eigenvalue weighted by atomic mass is 19.3. The first-order valence-electron chi connectivity index (χ1n) is 6.34. The molecule has 7 heteroatoms. The fourth-order valence-corrected chi connectivity index (χ4v) is 2.52. The Kier molecular flexibility index (Phi) is 3.01. The summed E-state index contributed by atoms with van der Waals surface area (Å²) in [4.78, 5) is 13.4. The van der Waals surface area contributed by atoms with Crippen molar-refractivity contribution in [2.45, 2.75) is 19.3 Å². The third kappa shape index (κ3) is 2.29. The number of amides is 1. The Balaban J connectivity index is 1.80. The van der Waals surface area contributed by atoms with Gasteiger partial charge >= 0.3 is 6.29 Å². The van der Waals surface area contributed by atoms with Gasteiger partial charge in [-0.15, -0.1) is 8.78 Å². The summed E-state index contributed by atoms with van der Waals surface area (Å²) in [6.45, 7) is 1.20. The van der Waals surface area contributed by atoms with Crippen molar-refractivity contribution >= 4 is 5.91 Å². The number of para-hydroxylation sites is 1. The van der Waals surface area contributed by atoms with Crippen LogP contribution in [0.2, 0.25) is 0 Å². The van der Waals surface area contributed by atoms with Gasteiger partial charge in [0.15, 0.2) is 11.5 Å². The second-order valence-electron chi connectivity index (χ2n) is 4.99. The standard InChI is InChI=1S/C13H14F2N2O3/c14-13(15)19-10-3-1-2-9(12(10)20-13)7-17-6-8(5-16)4-11(17)18/h1-3,8H,4-7,16H2. The van der Waals surface area contributed by atoms with Gasteiger partial charge in [-0.05, 0) is 18.5 Å². The SMILES string of the molecule is NCC1CC(=O)N(Cc2cccc3c2OC(F)(F)O3)C1. The predicted octanol–water partition coefficient (Wildman–Crippen LogP) is 1.32. The van der Waals surface area contributed by atoms with Gasteiger partial charge in [-0.1, -0.05) is 12.1 Å². The first kappa shape index (κ1) is 13.1. The summed E-state index contributed by atoms with van der Waals surface area (Å²) in [6, 6.07) is 4.65. The second-order valence-corrected chi connectivity index (χ2v) is 4.99. The Morgan fingerprint density at radius 3 is 2.90 bits per heavy atom. The van der Waals surface area contributed by atoms with Crippen LogP contribution in [0, 0.1) is 5.92 Å². The number of halogens is 2. The molecule has 0 spiro atoms. The van der Waals surface area contributed by atoms with E-state index in [1.807, 2.05) is 0 Å². The highest BCUT2D eigenvalue weighted by molar-refractivity contribution is 5.78. The van der Waals surface area contributed by atoms with Crippen molar-refractivity contribution in [3.05, 3.63) is 23.8 Å². The third-order valence-corrected chi connectivity index (χ3v) is 3.50. The number of rotatable bonds is 3. The average Bonchev–Trinajstić information content (AvgIpc) is 2.89. The molecule has 1 atom stereocenters. The number of hydrogen-bond acceptors (Lipinski definition) is 4. The van der Waals surface area contributed by atoms with E-state index in [0.717, 1.165) is 0 Å².